The number of rotatable bonds is 10. The molecular weight excluding hydrogens is 300 g/mol. The van der Waals surface area contributed by atoms with Crippen molar-refractivity contribution in [2.24, 2.45) is 5.29 Å². The largest absolute Gasteiger partial charge is 0.491 e. The van der Waals surface area contributed by atoms with Gasteiger partial charge in [0, 0.05) is 12.5 Å². The predicted octanol–water partition coefficient (Wildman–Crippen LogP) is 1.92. The highest BCUT2D eigenvalue weighted by Crippen LogP contribution is 2.15. The third kappa shape index (κ3) is 6.23. The van der Waals surface area contributed by atoms with Crippen LogP contribution in [-0.2, 0) is 16.0 Å². The van der Waals surface area contributed by atoms with Gasteiger partial charge in [0.15, 0.2) is 0 Å². The number of carbonyl (C=O) groups excluding carboxylic acids is 1. The maximum Gasteiger partial charge on any atom is 0.305 e. The second-order valence-electron chi connectivity index (χ2n) is 5.42. The predicted molar refractivity (Wildman–Crippen MR) is 85.9 cm³/mol. The van der Waals surface area contributed by atoms with Gasteiger partial charge in [-0.3, -0.25) is 4.79 Å². The standard InChI is InChI=1S/C16H24N2O5/c1-12(2)18(17-21)14(10-19)11-23-15-7-4-13(5-8-15)6-9-16(20)22-3/h4-5,7-8,12,14,19H,6,9-11H2,1-3H3. The number of carbonyl (C=O) groups is 1. The number of aryl methyl sites for hydroxylation is 1. The second-order valence-corrected chi connectivity index (χ2v) is 5.42. The Morgan fingerprint density at radius 2 is 1.96 bits per heavy atom. The molecule has 7 nitrogen and oxygen atoms in total. The molecule has 0 spiro atoms. The zero-order chi connectivity index (χ0) is 17.2. The van der Waals surface area contributed by atoms with Crippen molar-refractivity contribution in [2.75, 3.05) is 20.3 Å². The molecular formula is C16H24N2O5. The number of nitroso groups, excluding NO2 is 1. The van der Waals surface area contributed by atoms with Crippen LogP contribution in [-0.4, -0.2) is 48.5 Å². The average Bonchev–Trinajstić information content (AvgIpc) is 2.56. The summed E-state index contributed by atoms with van der Waals surface area (Å²) in [4.78, 5) is 21.9. The zero-order valence-electron chi connectivity index (χ0n) is 13.8. The molecule has 23 heavy (non-hydrogen) atoms. The van der Waals surface area contributed by atoms with Crippen LogP contribution >= 0.6 is 0 Å². The fourth-order valence-electron chi connectivity index (χ4n) is 2.09. The second kappa shape index (κ2) is 9.78. The van der Waals surface area contributed by atoms with Gasteiger partial charge in [-0.1, -0.05) is 12.1 Å². The third-order valence-corrected chi connectivity index (χ3v) is 3.42. The smallest absolute Gasteiger partial charge is 0.305 e. The maximum absolute atomic E-state index is 11.1. The minimum absolute atomic E-state index is 0.117. The summed E-state index contributed by atoms with van der Waals surface area (Å²) in [5, 5.41) is 13.6. The van der Waals surface area contributed by atoms with Crippen molar-refractivity contribution in [3.05, 3.63) is 34.7 Å². The van der Waals surface area contributed by atoms with E-state index in [1.165, 1.54) is 12.1 Å². The Balaban J connectivity index is 2.54. The maximum atomic E-state index is 11.1. The fraction of sp³-hybridized carbons (Fsp3) is 0.562. The van der Waals surface area contributed by atoms with Crippen LogP contribution in [0.5, 0.6) is 5.75 Å². The Kier molecular flexibility index (Phi) is 8.04. The number of aliphatic hydroxyl groups excluding tert-OH is 1. The fourth-order valence-corrected chi connectivity index (χ4v) is 2.09. The van der Waals surface area contributed by atoms with Gasteiger partial charge in [-0.05, 0) is 38.0 Å². The number of methoxy groups -OCH3 is 1. The van der Waals surface area contributed by atoms with Gasteiger partial charge in [0.05, 0.1) is 19.0 Å². The number of aliphatic hydroxyl groups is 1. The van der Waals surface area contributed by atoms with E-state index in [2.05, 4.69) is 10.0 Å². The number of hydrogen-bond donors (Lipinski definition) is 1. The third-order valence-electron chi connectivity index (χ3n) is 3.42. The summed E-state index contributed by atoms with van der Waals surface area (Å²) in [5.74, 6) is 0.381. The van der Waals surface area contributed by atoms with Crippen LogP contribution in [0.2, 0.25) is 0 Å². The molecule has 0 saturated heterocycles. The van der Waals surface area contributed by atoms with E-state index in [0.29, 0.717) is 18.6 Å². The Morgan fingerprint density at radius 1 is 1.30 bits per heavy atom. The molecule has 128 valence electrons. The monoisotopic (exact) mass is 324 g/mol. The lowest BCUT2D eigenvalue weighted by atomic mass is 10.1. The van der Waals surface area contributed by atoms with E-state index in [-0.39, 0.29) is 25.2 Å². The lowest BCUT2D eigenvalue weighted by molar-refractivity contribution is -0.140. The molecule has 0 saturated carbocycles. The van der Waals surface area contributed by atoms with E-state index >= 15 is 0 Å². The number of nitrogens with zero attached hydrogens (tertiary/aromatic N) is 2. The molecule has 7 heteroatoms. The van der Waals surface area contributed by atoms with Crippen LogP contribution in [0.1, 0.15) is 25.8 Å². The molecule has 0 aliphatic rings. The Morgan fingerprint density at radius 3 is 2.43 bits per heavy atom. The molecule has 1 atom stereocenters. The summed E-state index contributed by atoms with van der Waals surface area (Å²) in [6.07, 6.45) is 0.931. The van der Waals surface area contributed by atoms with Gasteiger partial charge in [0.25, 0.3) is 0 Å². The molecule has 0 radical (unpaired) electrons. The molecule has 0 aliphatic carbocycles. The van der Waals surface area contributed by atoms with Crippen LogP contribution < -0.4 is 4.74 Å². The molecule has 0 heterocycles. The van der Waals surface area contributed by atoms with Crippen molar-refractivity contribution in [1.29, 1.82) is 0 Å². The summed E-state index contributed by atoms with van der Waals surface area (Å²) in [5.41, 5.74) is 1.000. The van der Waals surface area contributed by atoms with Crippen LogP contribution in [0, 0.1) is 4.91 Å². The number of hydrogen-bond acceptors (Lipinski definition) is 6. The Bertz CT molecular complexity index is 490. The van der Waals surface area contributed by atoms with E-state index in [1.807, 2.05) is 26.0 Å². The van der Waals surface area contributed by atoms with Crippen molar-refractivity contribution in [2.45, 2.75) is 38.8 Å². The van der Waals surface area contributed by atoms with Crippen LogP contribution in [0.3, 0.4) is 0 Å². The molecule has 0 aliphatic heterocycles. The lowest BCUT2D eigenvalue weighted by Crippen LogP contribution is -2.42. The first-order valence-corrected chi connectivity index (χ1v) is 7.52. The van der Waals surface area contributed by atoms with Crippen molar-refractivity contribution >= 4 is 5.97 Å². The Labute approximate surface area is 136 Å². The molecule has 1 aromatic rings. The van der Waals surface area contributed by atoms with Gasteiger partial charge in [-0.25, -0.2) is 5.01 Å². The lowest BCUT2D eigenvalue weighted by Gasteiger charge is -2.27. The summed E-state index contributed by atoms with van der Waals surface area (Å²) in [7, 11) is 1.37. The van der Waals surface area contributed by atoms with E-state index in [9.17, 15) is 14.8 Å². The van der Waals surface area contributed by atoms with Crippen LogP contribution in [0.15, 0.2) is 29.6 Å². The molecule has 0 fully saturated rings. The highest BCUT2D eigenvalue weighted by atomic mass is 16.5. The zero-order valence-corrected chi connectivity index (χ0v) is 13.8. The number of benzene rings is 1. The van der Waals surface area contributed by atoms with Crippen molar-refractivity contribution in [3.63, 3.8) is 0 Å². The first kappa shape index (κ1) is 18.9. The van der Waals surface area contributed by atoms with Gasteiger partial charge < -0.3 is 14.6 Å². The van der Waals surface area contributed by atoms with Gasteiger partial charge in [-0.2, -0.15) is 0 Å². The van der Waals surface area contributed by atoms with Gasteiger partial charge >= 0.3 is 5.97 Å². The minimum atomic E-state index is -0.494. The molecule has 1 rings (SSSR count). The highest BCUT2D eigenvalue weighted by molar-refractivity contribution is 5.69. The van der Waals surface area contributed by atoms with Crippen LogP contribution in [0.4, 0.5) is 0 Å². The van der Waals surface area contributed by atoms with Crippen molar-refractivity contribution in [1.82, 2.24) is 5.01 Å². The summed E-state index contributed by atoms with van der Waals surface area (Å²) >= 11 is 0. The van der Waals surface area contributed by atoms with E-state index < -0.39 is 6.04 Å². The average molecular weight is 324 g/mol. The van der Waals surface area contributed by atoms with Crippen molar-refractivity contribution in [3.8, 4) is 5.75 Å². The minimum Gasteiger partial charge on any atom is -0.491 e. The van der Waals surface area contributed by atoms with Crippen LogP contribution in [0.25, 0.3) is 0 Å². The van der Waals surface area contributed by atoms with E-state index in [4.69, 9.17) is 4.74 Å². The molecule has 0 bridgehead atoms. The quantitative estimate of drug-likeness (QED) is 0.402. The topological polar surface area (TPSA) is 88.4 Å². The van der Waals surface area contributed by atoms with E-state index in [0.717, 1.165) is 5.56 Å². The SMILES string of the molecule is COC(=O)CCc1ccc(OCC(CO)N(N=O)C(C)C)cc1. The van der Waals surface area contributed by atoms with E-state index in [1.54, 1.807) is 12.1 Å². The Hall–Kier alpha value is -2.15. The summed E-state index contributed by atoms with van der Waals surface area (Å²) < 4.78 is 10.2. The number of ether oxygens (including phenoxy) is 2. The normalized spacial score (nSPS) is 11.9. The summed E-state index contributed by atoms with van der Waals surface area (Å²) in [6.45, 7) is 3.57. The highest BCUT2D eigenvalue weighted by Gasteiger charge is 2.21. The molecule has 0 aromatic heterocycles. The first-order valence-electron chi connectivity index (χ1n) is 7.52. The molecule has 1 aromatic carbocycles. The van der Waals surface area contributed by atoms with Gasteiger partial charge in [-0.15, -0.1) is 4.91 Å². The number of esters is 1. The first-order chi connectivity index (χ1) is 11.0. The molecule has 0 amide bonds. The van der Waals surface area contributed by atoms with Gasteiger partial charge in [0.1, 0.15) is 18.4 Å². The molecule has 1 N–H and O–H groups in total. The summed E-state index contributed by atoms with van der Waals surface area (Å²) in [6, 6.07) is 6.69. The van der Waals surface area contributed by atoms with Crippen molar-refractivity contribution < 1.29 is 19.4 Å². The molecule has 1 unspecified atom stereocenters. The van der Waals surface area contributed by atoms with Gasteiger partial charge in [0.2, 0.25) is 0 Å².